The van der Waals surface area contributed by atoms with Crippen LogP contribution in [0, 0.1) is 11.8 Å². The average Bonchev–Trinajstić information content (AvgIpc) is 3.50. The lowest BCUT2D eigenvalue weighted by molar-refractivity contribution is -0.121. The largest absolute Gasteiger partial charge is 0.356 e. The van der Waals surface area contributed by atoms with E-state index in [0.29, 0.717) is 17.9 Å². The molecule has 6 nitrogen and oxygen atoms in total. The van der Waals surface area contributed by atoms with Crippen molar-refractivity contribution in [3.8, 4) is 0 Å². The molecule has 4 rings (SSSR count). The van der Waals surface area contributed by atoms with Crippen molar-refractivity contribution in [1.29, 1.82) is 0 Å². The summed E-state index contributed by atoms with van der Waals surface area (Å²) in [5.41, 5.74) is 3.24. The van der Waals surface area contributed by atoms with Crippen LogP contribution in [0.25, 0.3) is 0 Å². The van der Waals surface area contributed by atoms with Crippen LogP contribution >= 0.6 is 0 Å². The molecular weight excluding hydrogens is 376 g/mol. The van der Waals surface area contributed by atoms with E-state index in [9.17, 15) is 9.59 Å². The SMILES string of the molecule is Cn1cc(C(=O)N2CCC(Cc3ccc(CCC(=O)NCC4CC4)cc3)CC2)cn1. The second-order valence-electron chi connectivity index (χ2n) is 8.91. The first-order valence-corrected chi connectivity index (χ1v) is 11.2. The maximum absolute atomic E-state index is 12.5. The van der Waals surface area contributed by atoms with Gasteiger partial charge in [-0.15, -0.1) is 0 Å². The molecule has 1 saturated carbocycles. The van der Waals surface area contributed by atoms with E-state index in [4.69, 9.17) is 0 Å². The summed E-state index contributed by atoms with van der Waals surface area (Å²) in [5.74, 6) is 1.60. The zero-order chi connectivity index (χ0) is 20.9. The van der Waals surface area contributed by atoms with E-state index in [-0.39, 0.29) is 11.8 Å². The molecular formula is C24H32N4O2. The Balaban J connectivity index is 1.18. The molecule has 1 aromatic heterocycles. The van der Waals surface area contributed by atoms with E-state index in [1.165, 1.54) is 24.0 Å². The number of hydrogen-bond donors (Lipinski definition) is 1. The van der Waals surface area contributed by atoms with Crippen LogP contribution in [0.4, 0.5) is 0 Å². The monoisotopic (exact) mass is 408 g/mol. The lowest BCUT2D eigenvalue weighted by atomic mass is 9.89. The van der Waals surface area contributed by atoms with Crippen LogP contribution in [0.2, 0.25) is 0 Å². The Morgan fingerprint density at radius 1 is 1.03 bits per heavy atom. The van der Waals surface area contributed by atoms with Gasteiger partial charge in [-0.3, -0.25) is 14.3 Å². The van der Waals surface area contributed by atoms with E-state index in [2.05, 4.69) is 34.7 Å². The third kappa shape index (κ3) is 5.71. The quantitative estimate of drug-likeness (QED) is 0.730. The lowest BCUT2D eigenvalue weighted by Crippen LogP contribution is -2.38. The molecule has 30 heavy (non-hydrogen) atoms. The predicted molar refractivity (Wildman–Crippen MR) is 116 cm³/mol. The van der Waals surface area contributed by atoms with Crippen LogP contribution in [-0.2, 0) is 24.7 Å². The average molecular weight is 409 g/mol. The minimum atomic E-state index is 0.0899. The van der Waals surface area contributed by atoms with Gasteiger partial charge in [-0.2, -0.15) is 5.10 Å². The van der Waals surface area contributed by atoms with Crippen molar-refractivity contribution >= 4 is 11.8 Å². The molecule has 6 heteroatoms. The zero-order valence-corrected chi connectivity index (χ0v) is 17.8. The molecule has 2 aromatic rings. The molecule has 2 aliphatic rings. The number of likely N-dealkylation sites (tertiary alicyclic amines) is 1. The first kappa shape index (κ1) is 20.6. The van der Waals surface area contributed by atoms with Crippen LogP contribution in [0.5, 0.6) is 0 Å². The summed E-state index contributed by atoms with van der Waals surface area (Å²) in [6.45, 7) is 2.48. The maximum Gasteiger partial charge on any atom is 0.257 e. The number of rotatable bonds is 8. The standard InChI is InChI=1S/C24H32N4O2/c1-27-17-22(16-26-27)24(30)28-12-10-20(11-13-28)14-19-4-2-18(3-5-19)8-9-23(29)25-15-21-6-7-21/h2-5,16-17,20-21H,6-15H2,1H3,(H,25,29). The number of aromatic nitrogens is 2. The highest BCUT2D eigenvalue weighted by atomic mass is 16.2. The summed E-state index contributed by atoms with van der Waals surface area (Å²) in [6, 6.07) is 8.71. The van der Waals surface area contributed by atoms with Crippen molar-refractivity contribution in [3.05, 3.63) is 53.3 Å². The first-order chi connectivity index (χ1) is 14.6. The summed E-state index contributed by atoms with van der Waals surface area (Å²) in [7, 11) is 1.83. The molecule has 0 atom stereocenters. The van der Waals surface area contributed by atoms with E-state index in [0.717, 1.165) is 51.2 Å². The molecule has 160 valence electrons. The van der Waals surface area contributed by atoms with E-state index < -0.39 is 0 Å². The second-order valence-corrected chi connectivity index (χ2v) is 8.91. The minimum absolute atomic E-state index is 0.0899. The Kier molecular flexibility index (Phi) is 6.50. The third-order valence-electron chi connectivity index (χ3n) is 6.33. The molecule has 0 unspecified atom stereocenters. The Morgan fingerprint density at radius 2 is 1.73 bits per heavy atom. The second kappa shape index (κ2) is 9.45. The van der Waals surface area contributed by atoms with Crippen LogP contribution in [0.3, 0.4) is 0 Å². The molecule has 2 heterocycles. The Bertz CT molecular complexity index is 862. The summed E-state index contributed by atoms with van der Waals surface area (Å²) >= 11 is 0. The summed E-state index contributed by atoms with van der Waals surface area (Å²) in [5, 5.41) is 7.13. The topological polar surface area (TPSA) is 67.2 Å². The minimum Gasteiger partial charge on any atom is -0.356 e. The van der Waals surface area contributed by atoms with Crippen molar-refractivity contribution in [3.63, 3.8) is 0 Å². The van der Waals surface area contributed by atoms with Gasteiger partial charge in [-0.25, -0.2) is 0 Å². The summed E-state index contributed by atoms with van der Waals surface area (Å²) in [4.78, 5) is 26.4. The first-order valence-electron chi connectivity index (χ1n) is 11.2. The molecule has 1 aliphatic carbocycles. The van der Waals surface area contributed by atoms with Gasteiger partial charge < -0.3 is 10.2 Å². The molecule has 1 aromatic carbocycles. The molecule has 0 spiro atoms. The molecule has 0 radical (unpaired) electrons. The molecule has 2 fully saturated rings. The molecule has 0 bridgehead atoms. The number of carbonyl (C=O) groups excluding carboxylic acids is 2. The van der Waals surface area contributed by atoms with Gasteiger partial charge in [0.1, 0.15) is 0 Å². The number of benzene rings is 1. The highest BCUT2D eigenvalue weighted by molar-refractivity contribution is 5.93. The van der Waals surface area contributed by atoms with Crippen molar-refractivity contribution < 1.29 is 9.59 Å². The summed E-state index contributed by atoms with van der Waals surface area (Å²) in [6.07, 6.45) is 10.4. The lowest BCUT2D eigenvalue weighted by Gasteiger charge is -2.32. The van der Waals surface area contributed by atoms with E-state index in [1.807, 2.05) is 11.9 Å². The van der Waals surface area contributed by atoms with Crippen molar-refractivity contribution in [2.24, 2.45) is 18.9 Å². The number of amides is 2. The fourth-order valence-corrected chi connectivity index (χ4v) is 4.16. The van der Waals surface area contributed by atoms with Gasteiger partial charge in [0.25, 0.3) is 5.91 Å². The van der Waals surface area contributed by atoms with Gasteiger partial charge in [0, 0.05) is 39.3 Å². The Morgan fingerprint density at radius 3 is 2.37 bits per heavy atom. The fourth-order valence-electron chi connectivity index (χ4n) is 4.16. The highest BCUT2D eigenvalue weighted by Gasteiger charge is 2.24. The number of hydrogen-bond acceptors (Lipinski definition) is 3. The van der Waals surface area contributed by atoms with Gasteiger partial charge in [0.05, 0.1) is 11.8 Å². The predicted octanol–water partition coefficient (Wildman–Crippen LogP) is 2.97. The smallest absolute Gasteiger partial charge is 0.257 e. The number of piperidine rings is 1. The molecule has 1 N–H and O–H groups in total. The van der Waals surface area contributed by atoms with Crippen LogP contribution < -0.4 is 5.32 Å². The van der Waals surface area contributed by atoms with E-state index >= 15 is 0 Å². The number of aryl methyl sites for hydroxylation is 2. The fraction of sp³-hybridized carbons (Fsp3) is 0.542. The van der Waals surface area contributed by atoms with Crippen molar-refractivity contribution in [2.75, 3.05) is 19.6 Å². The van der Waals surface area contributed by atoms with Gasteiger partial charge in [0.15, 0.2) is 0 Å². The van der Waals surface area contributed by atoms with Crippen LogP contribution in [0.15, 0.2) is 36.7 Å². The maximum atomic E-state index is 12.5. The summed E-state index contributed by atoms with van der Waals surface area (Å²) < 4.78 is 1.67. The van der Waals surface area contributed by atoms with E-state index in [1.54, 1.807) is 17.1 Å². The Hall–Kier alpha value is -2.63. The zero-order valence-electron chi connectivity index (χ0n) is 17.8. The van der Waals surface area contributed by atoms with Crippen LogP contribution in [0.1, 0.15) is 53.6 Å². The molecule has 1 saturated heterocycles. The van der Waals surface area contributed by atoms with Crippen LogP contribution in [-0.4, -0.2) is 46.1 Å². The van der Waals surface area contributed by atoms with Gasteiger partial charge >= 0.3 is 0 Å². The van der Waals surface area contributed by atoms with Gasteiger partial charge in [-0.05, 0) is 61.5 Å². The van der Waals surface area contributed by atoms with Gasteiger partial charge in [0.2, 0.25) is 5.91 Å². The van der Waals surface area contributed by atoms with Crippen molar-refractivity contribution in [1.82, 2.24) is 20.0 Å². The number of nitrogens with one attached hydrogen (secondary N) is 1. The highest BCUT2D eigenvalue weighted by Crippen LogP contribution is 2.27. The normalized spacial score (nSPS) is 17.2. The van der Waals surface area contributed by atoms with Crippen molar-refractivity contribution in [2.45, 2.75) is 44.9 Å². The number of carbonyl (C=O) groups is 2. The third-order valence-corrected chi connectivity index (χ3v) is 6.33. The molecule has 2 amide bonds. The Labute approximate surface area is 178 Å². The molecule has 1 aliphatic heterocycles. The van der Waals surface area contributed by atoms with Gasteiger partial charge in [-0.1, -0.05) is 24.3 Å². The number of nitrogens with zero attached hydrogens (tertiary/aromatic N) is 3.